The molecule has 1 heterocycles. The summed E-state index contributed by atoms with van der Waals surface area (Å²) in [6.45, 7) is 0. The van der Waals surface area contributed by atoms with Crippen molar-refractivity contribution in [3.8, 4) is 17.0 Å². The van der Waals surface area contributed by atoms with Crippen LogP contribution in [0.4, 0.5) is 0 Å². The van der Waals surface area contributed by atoms with Crippen molar-refractivity contribution in [2.45, 2.75) is 6.42 Å². The Kier molecular flexibility index (Phi) is 4.43. The fourth-order valence-corrected chi connectivity index (χ4v) is 2.41. The molecule has 5 nitrogen and oxygen atoms in total. The molecule has 0 unspecified atom stereocenters. The number of aromatic hydroxyl groups is 1. The third-order valence-electron chi connectivity index (χ3n) is 3.75. The van der Waals surface area contributed by atoms with E-state index in [9.17, 15) is 5.11 Å². The summed E-state index contributed by atoms with van der Waals surface area (Å²) in [5.74, 6) is 0.157. The smallest absolute Gasteiger partial charge is 0.122 e. The number of phenolic OH excluding ortho intramolecular Hbond substituents is 1. The Morgan fingerprint density at radius 3 is 2.67 bits per heavy atom. The molecule has 2 aromatic carbocycles. The summed E-state index contributed by atoms with van der Waals surface area (Å²) in [4.78, 5) is 7.10. The molecule has 0 aliphatic heterocycles. The van der Waals surface area contributed by atoms with Gasteiger partial charge in [0.25, 0.3) is 0 Å². The van der Waals surface area contributed by atoms with Crippen molar-refractivity contribution in [2.24, 2.45) is 5.73 Å². The molecule has 0 saturated carbocycles. The van der Waals surface area contributed by atoms with Gasteiger partial charge in [-0.15, -0.1) is 0 Å². The lowest BCUT2D eigenvalue weighted by Gasteiger charge is -2.03. The topological polar surface area (TPSA) is 98.8 Å². The molecule has 0 saturated heterocycles. The Balaban J connectivity index is 1.70. The number of nitrogens with two attached hydrogens (primary N) is 1. The average molecular weight is 318 g/mol. The second kappa shape index (κ2) is 6.83. The maximum absolute atomic E-state index is 9.88. The number of hydrogen-bond donors (Lipinski definition) is 4. The molecule has 0 spiro atoms. The molecule has 5 N–H and O–H groups in total. The number of nitrogen functional groups attached to an aromatic ring is 1. The zero-order chi connectivity index (χ0) is 16.9. The number of aromatic nitrogens is 2. The molecule has 24 heavy (non-hydrogen) atoms. The quantitative estimate of drug-likeness (QED) is 0.429. The van der Waals surface area contributed by atoms with E-state index in [1.54, 1.807) is 30.7 Å². The first-order chi connectivity index (χ1) is 11.6. The zero-order valence-electron chi connectivity index (χ0n) is 13.0. The van der Waals surface area contributed by atoms with E-state index in [1.807, 2.05) is 24.3 Å². The molecular weight excluding hydrogens is 300 g/mol. The normalized spacial score (nSPS) is 11.0. The minimum atomic E-state index is -0.0148. The number of nitrogens with one attached hydrogen (secondary N) is 2. The fourth-order valence-electron chi connectivity index (χ4n) is 2.41. The van der Waals surface area contributed by atoms with Gasteiger partial charge in [-0.3, -0.25) is 5.41 Å². The van der Waals surface area contributed by atoms with Crippen LogP contribution in [0.25, 0.3) is 17.3 Å². The highest BCUT2D eigenvalue weighted by atomic mass is 16.3. The monoisotopic (exact) mass is 318 g/mol. The van der Waals surface area contributed by atoms with Crippen LogP contribution in [0.1, 0.15) is 16.7 Å². The molecule has 120 valence electrons. The number of allylic oxidation sites excluding steroid dienone is 1. The lowest BCUT2D eigenvalue weighted by atomic mass is 10.1. The van der Waals surface area contributed by atoms with Gasteiger partial charge in [-0.1, -0.05) is 36.4 Å². The molecule has 0 atom stereocenters. The maximum Gasteiger partial charge on any atom is 0.122 e. The lowest BCUT2D eigenvalue weighted by Crippen LogP contribution is -2.10. The molecule has 0 radical (unpaired) electrons. The molecule has 0 aliphatic carbocycles. The molecule has 5 heteroatoms. The number of benzene rings is 2. The van der Waals surface area contributed by atoms with Crippen LogP contribution < -0.4 is 5.73 Å². The van der Waals surface area contributed by atoms with E-state index in [4.69, 9.17) is 11.1 Å². The summed E-state index contributed by atoms with van der Waals surface area (Å²) in [5.41, 5.74) is 9.96. The first-order valence-electron chi connectivity index (χ1n) is 7.55. The average Bonchev–Trinajstić information content (AvgIpc) is 3.11. The Morgan fingerprint density at radius 1 is 1.21 bits per heavy atom. The highest BCUT2D eigenvalue weighted by molar-refractivity contribution is 5.95. The minimum Gasteiger partial charge on any atom is -0.507 e. The van der Waals surface area contributed by atoms with Crippen LogP contribution in [0.15, 0.2) is 61.1 Å². The molecule has 0 bridgehead atoms. The van der Waals surface area contributed by atoms with E-state index in [0.29, 0.717) is 11.1 Å². The van der Waals surface area contributed by atoms with E-state index in [-0.39, 0.29) is 11.6 Å². The molecular formula is C19H18N4O. The Labute approximate surface area is 140 Å². The lowest BCUT2D eigenvalue weighted by molar-refractivity contribution is 0.474. The molecule has 3 rings (SSSR count). The van der Waals surface area contributed by atoms with Crippen molar-refractivity contribution in [2.75, 3.05) is 0 Å². The second-order valence-corrected chi connectivity index (χ2v) is 5.46. The number of rotatable bonds is 5. The number of hydrogen-bond acceptors (Lipinski definition) is 3. The largest absolute Gasteiger partial charge is 0.507 e. The van der Waals surface area contributed by atoms with Crippen LogP contribution in [0, 0.1) is 5.41 Å². The van der Waals surface area contributed by atoms with Crippen LogP contribution in [-0.4, -0.2) is 20.9 Å². The van der Waals surface area contributed by atoms with Crippen molar-refractivity contribution in [1.29, 1.82) is 5.41 Å². The van der Waals surface area contributed by atoms with E-state index in [0.717, 1.165) is 23.2 Å². The summed E-state index contributed by atoms with van der Waals surface area (Å²) in [5, 5.41) is 17.3. The highest BCUT2D eigenvalue weighted by Gasteiger charge is 2.02. The van der Waals surface area contributed by atoms with Crippen LogP contribution in [0.2, 0.25) is 0 Å². The predicted molar refractivity (Wildman–Crippen MR) is 95.9 cm³/mol. The first kappa shape index (κ1) is 15.6. The van der Waals surface area contributed by atoms with Gasteiger partial charge >= 0.3 is 0 Å². The standard InChI is InChI=1S/C19H18N4O/c20-19(21)16-8-9-18(24)15(10-16)3-1-2-13-4-6-14(7-5-13)17-11-22-12-23-17/h1,3-12,24H,2H2,(H3,20,21)(H,22,23)/b3-1+. The van der Waals surface area contributed by atoms with Gasteiger partial charge in [0, 0.05) is 11.1 Å². The van der Waals surface area contributed by atoms with Crippen LogP contribution >= 0.6 is 0 Å². The van der Waals surface area contributed by atoms with Crippen LogP contribution in [-0.2, 0) is 6.42 Å². The van der Waals surface area contributed by atoms with Gasteiger partial charge in [-0.05, 0) is 35.7 Å². The van der Waals surface area contributed by atoms with E-state index < -0.39 is 0 Å². The highest BCUT2D eigenvalue weighted by Crippen LogP contribution is 2.21. The van der Waals surface area contributed by atoms with E-state index >= 15 is 0 Å². The molecule has 0 amide bonds. The van der Waals surface area contributed by atoms with Gasteiger partial charge in [0.05, 0.1) is 18.2 Å². The minimum absolute atomic E-state index is 0.0148. The number of phenols is 1. The number of nitrogens with zero attached hydrogens (tertiary/aromatic N) is 1. The maximum atomic E-state index is 9.88. The number of aromatic amines is 1. The second-order valence-electron chi connectivity index (χ2n) is 5.46. The van der Waals surface area contributed by atoms with E-state index in [2.05, 4.69) is 22.1 Å². The molecule has 0 aliphatic rings. The summed E-state index contributed by atoms with van der Waals surface area (Å²) >= 11 is 0. The molecule has 3 aromatic rings. The van der Waals surface area contributed by atoms with Crippen molar-refractivity contribution in [1.82, 2.24) is 9.97 Å². The number of imidazole rings is 1. The third-order valence-corrected chi connectivity index (χ3v) is 3.75. The summed E-state index contributed by atoms with van der Waals surface area (Å²) < 4.78 is 0. The van der Waals surface area contributed by atoms with Crippen molar-refractivity contribution >= 4 is 11.9 Å². The molecule has 1 aromatic heterocycles. The van der Waals surface area contributed by atoms with Gasteiger partial charge in [-0.2, -0.15) is 0 Å². The van der Waals surface area contributed by atoms with Crippen LogP contribution in [0.5, 0.6) is 5.75 Å². The van der Waals surface area contributed by atoms with Gasteiger partial charge in [0.15, 0.2) is 0 Å². The number of H-pyrrole nitrogens is 1. The first-order valence-corrected chi connectivity index (χ1v) is 7.55. The van der Waals surface area contributed by atoms with Crippen molar-refractivity contribution in [3.05, 3.63) is 77.8 Å². The van der Waals surface area contributed by atoms with Gasteiger partial charge < -0.3 is 15.8 Å². The van der Waals surface area contributed by atoms with Gasteiger partial charge in [0.2, 0.25) is 0 Å². The van der Waals surface area contributed by atoms with Crippen LogP contribution in [0.3, 0.4) is 0 Å². The Morgan fingerprint density at radius 2 is 2.00 bits per heavy atom. The zero-order valence-corrected chi connectivity index (χ0v) is 13.0. The Hall–Kier alpha value is -3.34. The SMILES string of the molecule is N=C(N)c1ccc(O)c(/C=C/Cc2ccc(-c3cnc[nH]3)cc2)c1. The summed E-state index contributed by atoms with van der Waals surface area (Å²) in [7, 11) is 0. The summed E-state index contributed by atoms with van der Waals surface area (Å²) in [6.07, 6.45) is 8.01. The van der Waals surface area contributed by atoms with Gasteiger partial charge in [0.1, 0.15) is 11.6 Å². The number of amidine groups is 1. The van der Waals surface area contributed by atoms with E-state index in [1.165, 1.54) is 0 Å². The Bertz CT molecular complexity index is 865. The fraction of sp³-hybridized carbons (Fsp3) is 0.0526. The van der Waals surface area contributed by atoms with Crippen molar-refractivity contribution in [3.63, 3.8) is 0 Å². The summed E-state index contributed by atoms with van der Waals surface area (Å²) in [6, 6.07) is 13.1. The third kappa shape index (κ3) is 3.52. The molecule has 0 fully saturated rings. The predicted octanol–water partition coefficient (Wildman–Crippen LogP) is 3.32. The van der Waals surface area contributed by atoms with Crippen molar-refractivity contribution < 1.29 is 5.11 Å². The van der Waals surface area contributed by atoms with Gasteiger partial charge in [-0.25, -0.2) is 4.98 Å².